The molecule has 10 heteroatoms. The summed E-state index contributed by atoms with van der Waals surface area (Å²) in [5.41, 5.74) is 6.74. The number of nitrogens with two attached hydrogens (primary N) is 1. The van der Waals surface area contributed by atoms with Crippen LogP contribution in [-0.2, 0) is 5.54 Å². The number of alkyl halides is 1. The van der Waals surface area contributed by atoms with E-state index in [1.165, 1.54) is 24.2 Å². The van der Waals surface area contributed by atoms with Crippen LogP contribution in [0.4, 0.5) is 10.1 Å². The van der Waals surface area contributed by atoms with E-state index in [9.17, 15) is 9.18 Å². The molecule has 3 heterocycles. The van der Waals surface area contributed by atoms with Crippen LogP contribution in [0.15, 0.2) is 35.7 Å². The molecule has 0 saturated carbocycles. The molecule has 1 amide bonds. The molecule has 1 aliphatic heterocycles. The average molecular weight is 390 g/mol. The predicted octanol–water partition coefficient (Wildman–Crippen LogP) is 2.14. The summed E-state index contributed by atoms with van der Waals surface area (Å²) in [6.45, 7) is 1.24. The van der Waals surface area contributed by atoms with Crippen LogP contribution < -0.4 is 15.8 Å². The smallest absolute Gasteiger partial charge is 0.275 e. The number of hydrogen-bond donors (Lipinski definition) is 2. The number of amidine groups is 1. The summed E-state index contributed by atoms with van der Waals surface area (Å²) < 4.78 is 17.1. The van der Waals surface area contributed by atoms with Crippen molar-refractivity contribution in [2.75, 3.05) is 24.4 Å². The molecule has 0 aliphatic carbocycles. The third kappa shape index (κ3) is 4.70. The van der Waals surface area contributed by atoms with E-state index in [1.807, 2.05) is 6.92 Å². The summed E-state index contributed by atoms with van der Waals surface area (Å²) in [4.78, 5) is 29.2. The molecule has 2 aromatic rings. The summed E-state index contributed by atoms with van der Waals surface area (Å²) in [6.07, 6.45) is 4.97. The van der Waals surface area contributed by atoms with Gasteiger partial charge in [-0.1, -0.05) is 11.8 Å². The van der Waals surface area contributed by atoms with E-state index in [0.29, 0.717) is 10.9 Å². The Morgan fingerprint density at radius 2 is 2.26 bits per heavy atom. The summed E-state index contributed by atoms with van der Waals surface area (Å²) in [7, 11) is 0. The molecule has 0 spiro atoms. The topological polar surface area (TPSA) is 115 Å². The van der Waals surface area contributed by atoms with Crippen LogP contribution >= 0.6 is 11.8 Å². The third-order valence-corrected chi connectivity index (χ3v) is 4.75. The van der Waals surface area contributed by atoms with Gasteiger partial charge in [0.05, 0.1) is 18.1 Å². The highest BCUT2D eigenvalue weighted by molar-refractivity contribution is 8.13. The van der Waals surface area contributed by atoms with Crippen molar-refractivity contribution in [1.29, 1.82) is 0 Å². The molecule has 1 aliphatic rings. The molecule has 2 aromatic heterocycles. The number of aromatic nitrogens is 3. The molecule has 0 bridgehead atoms. The van der Waals surface area contributed by atoms with E-state index in [0.717, 1.165) is 17.9 Å². The number of thioether (sulfide) groups is 1. The molecule has 3 N–H and O–H groups in total. The van der Waals surface area contributed by atoms with Crippen LogP contribution in [-0.4, -0.2) is 45.1 Å². The minimum absolute atomic E-state index is 0.107. The number of carbonyl (C=O) groups excluding carboxylic acids is 1. The molecule has 0 saturated heterocycles. The largest absolute Gasteiger partial charge is 0.474 e. The first-order valence-electron chi connectivity index (χ1n) is 8.27. The van der Waals surface area contributed by atoms with Gasteiger partial charge in [0, 0.05) is 17.6 Å². The Labute approximate surface area is 159 Å². The van der Waals surface area contributed by atoms with Crippen LogP contribution in [0.25, 0.3) is 0 Å². The fourth-order valence-electron chi connectivity index (χ4n) is 2.52. The van der Waals surface area contributed by atoms with Crippen LogP contribution in [0.3, 0.4) is 0 Å². The highest BCUT2D eigenvalue weighted by Crippen LogP contribution is 2.34. The van der Waals surface area contributed by atoms with Gasteiger partial charge in [-0.15, -0.1) is 0 Å². The maximum atomic E-state index is 12.4. The second-order valence-electron chi connectivity index (χ2n) is 5.98. The maximum Gasteiger partial charge on any atom is 0.275 e. The lowest BCUT2D eigenvalue weighted by molar-refractivity contribution is 0.102. The van der Waals surface area contributed by atoms with Crippen molar-refractivity contribution in [2.45, 2.75) is 18.9 Å². The number of carbonyl (C=O) groups is 1. The van der Waals surface area contributed by atoms with Crippen LogP contribution in [0.2, 0.25) is 0 Å². The second-order valence-corrected chi connectivity index (χ2v) is 7.10. The van der Waals surface area contributed by atoms with Crippen molar-refractivity contribution in [3.63, 3.8) is 0 Å². The van der Waals surface area contributed by atoms with Crippen LogP contribution in [0.5, 0.6) is 5.88 Å². The van der Waals surface area contributed by atoms with E-state index in [2.05, 4.69) is 25.3 Å². The Hall–Kier alpha value is -2.75. The molecule has 0 aromatic carbocycles. The number of aliphatic imine (C=N–C) groups is 1. The Bertz CT molecular complexity index is 848. The maximum absolute atomic E-state index is 12.4. The van der Waals surface area contributed by atoms with Gasteiger partial charge >= 0.3 is 0 Å². The average Bonchev–Trinajstić information content (AvgIpc) is 2.67. The first kappa shape index (κ1) is 19.0. The van der Waals surface area contributed by atoms with Crippen LogP contribution in [0.1, 0.15) is 29.5 Å². The number of rotatable bonds is 6. The van der Waals surface area contributed by atoms with E-state index in [-0.39, 0.29) is 18.2 Å². The van der Waals surface area contributed by atoms with Gasteiger partial charge in [-0.25, -0.2) is 19.4 Å². The quantitative estimate of drug-likeness (QED) is 0.776. The monoisotopic (exact) mass is 390 g/mol. The van der Waals surface area contributed by atoms with Gasteiger partial charge in [0.1, 0.15) is 24.5 Å². The minimum atomic E-state index is -0.623. The Morgan fingerprint density at radius 3 is 2.96 bits per heavy atom. The van der Waals surface area contributed by atoms with Crippen molar-refractivity contribution in [3.05, 3.63) is 42.1 Å². The van der Waals surface area contributed by atoms with Crippen molar-refractivity contribution in [2.24, 2.45) is 10.7 Å². The van der Waals surface area contributed by atoms with Crippen molar-refractivity contribution < 1.29 is 13.9 Å². The highest BCUT2D eigenvalue weighted by Gasteiger charge is 2.31. The number of nitrogens with zero attached hydrogens (tertiary/aromatic N) is 4. The summed E-state index contributed by atoms with van der Waals surface area (Å²) in [5, 5.41) is 3.29. The number of nitrogens with one attached hydrogen (secondary N) is 1. The van der Waals surface area contributed by atoms with E-state index in [4.69, 9.17) is 10.5 Å². The molecule has 3 rings (SSSR count). The number of ether oxygens (including phenoxy) is 1. The van der Waals surface area contributed by atoms with Crippen LogP contribution in [0, 0.1) is 0 Å². The number of anilines is 1. The molecule has 8 nitrogen and oxygen atoms in total. The Morgan fingerprint density at radius 1 is 1.41 bits per heavy atom. The van der Waals surface area contributed by atoms with Gasteiger partial charge in [0.25, 0.3) is 5.91 Å². The molecule has 1 atom stereocenters. The first-order valence-corrected chi connectivity index (χ1v) is 9.25. The van der Waals surface area contributed by atoms with Crippen molar-refractivity contribution in [1.82, 2.24) is 15.0 Å². The van der Waals surface area contributed by atoms with Gasteiger partial charge in [-0.05, 0) is 25.5 Å². The number of halogens is 1. The lowest BCUT2D eigenvalue weighted by atomic mass is 9.94. The standard InChI is InChI=1S/C17H19FN6O2S/c1-17(3-7-27-16(19)24-17)13-8-11(2-5-20-13)23-15(25)12-9-22-14(10-21-12)26-6-4-18/h2,5,8-10H,3-4,6-7H2,1H3,(H2,19,24)(H,20,23,25)/t17-/m0/s1. The zero-order valence-electron chi connectivity index (χ0n) is 14.7. The van der Waals surface area contributed by atoms with Crippen molar-refractivity contribution in [3.8, 4) is 5.88 Å². The van der Waals surface area contributed by atoms with Gasteiger partial charge in [-0.3, -0.25) is 9.78 Å². The van der Waals surface area contributed by atoms with E-state index >= 15 is 0 Å². The minimum Gasteiger partial charge on any atom is -0.474 e. The second kappa shape index (κ2) is 8.30. The lowest BCUT2D eigenvalue weighted by Gasteiger charge is -2.28. The third-order valence-electron chi connectivity index (χ3n) is 3.95. The molecule has 0 fully saturated rings. The Balaban J connectivity index is 1.72. The molecule has 0 unspecified atom stereocenters. The van der Waals surface area contributed by atoms with Crippen molar-refractivity contribution >= 4 is 28.5 Å². The summed E-state index contributed by atoms with van der Waals surface area (Å²) in [6, 6.07) is 3.46. The van der Waals surface area contributed by atoms with E-state index in [1.54, 1.807) is 18.3 Å². The lowest BCUT2D eigenvalue weighted by Crippen LogP contribution is -2.29. The predicted molar refractivity (Wildman–Crippen MR) is 102 cm³/mol. The van der Waals surface area contributed by atoms with Gasteiger partial charge < -0.3 is 15.8 Å². The SMILES string of the molecule is C[C@@]1(c2cc(NC(=O)c3cnc(OCCF)cn3)ccn2)CCSC(N)=N1. The fraction of sp³-hybridized carbons (Fsp3) is 0.353. The van der Waals surface area contributed by atoms with Gasteiger partial charge in [0.15, 0.2) is 5.17 Å². The van der Waals surface area contributed by atoms with Gasteiger partial charge in [0.2, 0.25) is 5.88 Å². The summed E-state index contributed by atoms with van der Waals surface area (Å²) in [5.74, 6) is 0.592. The fourth-order valence-corrected chi connectivity index (χ4v) is 3.49. The number of pyridine rings is 1. The zero-order valence-corrected chi connectivity index (χ0v) is 15.5. The highest BCUT2D eigenvalue weighted by atomic mass is 32.2. The summed E-state index contributed by atoms with van der Waals surface area (Å²) >= 11 is 1.52. The van der Waals surface area contributed by atoms with E-state index < -0.39 is 18.1 Å². The zero-order chi connectivity index (χ0) is 19.3. The molecule has 142 valence electrons. The first-order chi connectivity index (χ1) is 13.0. The molecular weight excluding hydrogens is 371 g/mol. The number of amides is 1. The van der Waals surface area contributed by atoms with Gasteiger partial charge in [-0.2, -0.15) is 0 Å². The number of hydrogen-bond acceptors (Lipinski definition) is 8. The molecular formula is C17H19FN6O2S. The molecule has 0 radical (unpaired) electrons. The normalized spacial score (nSPS) is 19.3. The Kier molecular flexibility index (Phi) is 5.84. The molecule has 27 heavy (non-hydrogen) atoms.